The van der Waals surface area contributed by atoms with E-state index in [-0.39, 0.29) is 22.9 Å². The molecule has 0 saturated heterocycles. The second-order valence-electron chi connectivity index (χ2n) is 6.76. The van der Waals surface area contributed by atoms with E-state index in [0.717, 1.165) is 23.7 Å². The van der Waals surface area contributed by atoms with E-state index in [9.17, 15) is 23.1 Å². The van der Waals surface area contributed by atoms with Gasteiger partial charge >= 0.3 is 6.18 Å². The third kappa shape index (κ3) is 3.98. The molecule has 0 bridgehead atoms. The van der Waals surface area contributed by atoms with Crippen molar-refractivity contribution >= 4 is 35.0 Å². The van der Waals surface area contributed by atoms with Crippen LogP contribution in [0.2, 0.25) is 5.02 Å². The lowest BCUT2D eigenvalue weighted by molar-refractivity contribution is -0.316. The zero-order valence-corrected chi connectivity index (χ0v) is 16.1. The van der Waals surface area contributed by atoms with Crippen LogP contribution in [0, 0.1) is 5.92 Å². The number of nitrogens with zero attached hydrogens (tertiary/aromatic N) is 2. The predicted octanol–water partition coefficient (Wildman–Crippen LogP) is 4.60. The van der Waals surface area contributed by atoms with Gasteiger partial charge in [-0.2, -0.15) is 23.3 Å². The molecule has 1 N–H and O–H groups in total. The van der Waals surface area contributed by atoms with E-state index in [1.807, 2.05) is 0 Å². The number of thioether (sulfide) groups is 1. The van der Waals surface area contributed by atoms with Crippen molar-refractivity contribution in [3.05, 3.63) is 34.9 Å². The zero-order chi connectivity index (χ0) is 19.7. The Morgan fingerprint density at radius 2 is 2.07 bits per heavy atom. The lowest BCUT2D eigenvalue weighted by Gasteiger charge is -2.37. The number of hydrazone groups is 1. The van der Waals surface area contributed by atoms with Gasteiger partial charge in [0.05, 0.1) is 11.7 Å². The molecule has 1 aliphatic heterocycles. The van der Waals surface area contributed by atoms with Gasteiger partial charge in [0.25, 0.3) is 11.6 Å². The third-order valence-electron chi connectivity index (χ3n) is 4.96. The summed E-state index contributed by atoms with van der Waals surface area (Å²) in [7, 11) is 0. The fourth-order valence-corrected chi connectivity index (χ4v) is 4.72. The summed E-state index contributed by atoms with van der Waals surface area (Å²) in [6, 6.07) is 7.07. The molecule has 1 aliphatic carbocycles. The van der Waals surface area contributed by atoms with Crippen LogP contribution in [0.3, 0.4) is 0 Å². The highest BCUT2D eigenvalue weighted by Crippen LogP contribution is 2.47. The van der Waals surface area contributed by atoms with Gasteiger partial charge in [0.2, 0.25) is 0 Å². The second kappa shape index (κ2) is 8.01. The fraction of sp³-hybridized carbons (Fsp3) is 0.556. The average molecular weight is 421 g/mol. The molecule has 3 rings (SSSR count). The van der Waals surface area contributed by atoms with Gasteiger partial charge < -0.3 is 5.11 Å². The van der Waals surface area contributed by atoms with Crippen LogP contribution in [0.4, 0.5) is 13.2 Å². The number of amides is 1. The number of fused-ring (bicyclic) bond motifs is 1. The zero-order valence-electron chi connectivity index (χ0n) is 14.5. The maximum Gasteiger partial charge on any atom is 0.439 e. The first kappa shape index (κ1) is 20.5. The van der Waals surface area contributed by atoms with E-state index in [1.165, 1.54) is 0 Å². The van der Waals surface area contributed by atoms with Crippen LogP contribution < -0.4 is 0 Å². The Balaban J connectivity index is 1.74. The molecule has 4 nitrogen and oxygen atoms in total. The summed E-state index contributed by atoms with van der Waals surface area (Å²) in [5.74, 6) is -1.89. The Bertz CT molecular complexity index is 744. The first-order chi connectivity index (χ1) is 12.7. The number of carbonyl (C=O) groups is 1. The summed E-state index contributed by atoms with van der Waals surface area (Å²) in [6.45, 7) is 0. The first-order valence-corrected chi connectivity index (χ1v) is 10.3. The molecular weight excluding hydrogens is 401 g/mol. The van der Waals surface area contributed by atoms with Crippen molar-refractivity contribution in [2.75, 3.05) is 5.75 Å². The van der Waals surface area contributed by atoms with Crippen molar-refractivity contribution in [3.8, 4) is 0 Å². The van der Waals surface area contributed by atoms with Crippen molar-refractivity contribution in [1.29, 1.82) is 0 Å². The molecule has 1 heterocycles. The molecule has 0 aromatic heterocycles. The summed E-state index contributed by atoms with van der Waals surface area (Å²) < 4.78 is 41.3. The van der Waals surface area contributed by atoms with Crippen LogP contribution in [0.15, 0.2) is 29.4 Å². The average Bonchev–Trinajstić information content (AvgIpc) is 2.76. The number of alkyl halides is 3. The van der Waals surface area contributed by atoms with Gasteiger partial charge in [-0.25, -0.2) is 0 Å². The molecule has 0 unspecified atom stereocenters. The molecule has 1 amide bonds. The van der Waals surface area contributed by atoms with E-state index in [4.69, 9.17) is 11.6 Å². The summed E-state index contributed by atoms with van der Waals surface area (Å²) >= 11 is 7.19. The Kier molecular flexibility index (Phi) is 6.08. The van der Waals surface area contributed by atoms with E-state index in [0.29, 0.717) is 30.0 Å². The monoisotopic (exact) mass is 420 g/mol. The van der Waals surface area contributed by atoms with Gasteiger partial charge in [-0.05, 0) is 30.9 Å². The quantitative estimate of drug-likeness (QED) is 0.774. The number of hydrogen-bond acceptors (Lipinski definition) is 4. The molecule has 1 fully saturated rings. The Hall–Kier alpha value is -1.25. The maximum atomic E-state index is 13.8. The molecule has 27 heavy (non-hydrogen) atoms. The highest BCUT2D eigenvalue weighted by atomic mass is 35.5. The molecular formula is C18H20ClF3N2O2S. The van der Waals surface area contributed by atoms with Crippen LogP contribution in [0.25, 0.3) is 0 Å². The number of hydrogen-bond donors (Lipinski definition) is 1. The van der Waals surface area contributed by atoms with Crippen LogP contribution in [0.5, 0.6) is 0 Å². The highest BCUT2D eigenvalue weighted by Gasteiger charge is 2.68. The van der Waals surface area contributed by atoms with E-state index in [1.54, 1.807) is 24.3 Å². The van der Waals surface area contributed by atoms with E-state index < -0.39 is 23.7 Å². The first-order valence-electron chi connectivity index (χ1n) is 8.76. The lowest BCUT2D eigenvalue weighted by Crippen LogP contribution is -2.61. The van der Waals surface area contributed by atoms with Crippen molar-refractivity contribution in [3.63, 3.8) is 0 Å². The lowest BCUT2D eigenvalue weighted by atomic mass is 9.87. The Labute approximate surface area is 164 Å². The van der Waals surface area contributed by atoms with Crippen LogP contribution in [-0.4, -0.2) is 39.4 Å². The normalized spacial score (nSPS) is 25.7. The van der Waals surface area contributed by atoms with Gasteiger partial charge in [0.15, 0.2) is 0 Å². The fourth-order valence-electron chi connectivity index (χ4n) is 3.57. The van der Waals surface area contributed by atoms with Gasteiger partial charge in [-0.3, -0.25) is 4.79 Å². The number of benzene rings is 1. The highest BCUT2D eigenvalue weighted by molar-refractivity contribution is 7.99. The van der Waals surface area contributed by atoms with Crippen molar-refractivity contribution < 1.29 is 23.1 Å². The number of halogens is 4. The molecule has 1 aromatic carbocycles. The van der Waals surface area contributed by atoms with E-state index >= 15 is 0 Å². The summed E-state index contributed by atoms with van der Waals surface area (Å²) in [6.07, 6.45) is -2.34. The molecule has 0 spiro atoms. The summed E-state index contributed by atoms with van der Waals surface area (Å²) in [5.41, 5.74) is -2.19. The molecule has 1 saturated carbocycles. The minimum atomic E-state index is -4.98. The minimum Gasteiger partial charge on any atom is -0.362 e. The predicted molar refractivity (Wildman–Crippen MR) is 99.5 cm³/mol. The molecule has 2 atom stereocenters. The van der Waals surface area contributed by atoms with Crippen LogP contribution in [0.1, 0.15) is 37.7 Å². The van der Waals surface area contributed by atoms with Crippen molar-refractivity contribution in [2.24, 2.45) is 11.0 Å². The van der Waals surface area contributed by atoms with Gasteiger partial charge in [-0.15, -0.1) is 11.8 Å². The Morgan fingerprint density at radius 1 is 1.33 bits per heavy atom. The third-order valence-corrected chi connectivity index (χ3v) is 6.29. The molecule has 2 aliphatic rings. The number of carbonyl (C=O) groups excluding carboxylic acids is 1. The van der Waals surface area contributed by atoms with Crippen LogP contribution >= 0.6 is 23.4 Å². The molecule has 1 aromatic rings. The largest absolute Gasteiger partial charge is 0.439 e. The topological polar surface area (TPSA) is 52.9 Å². The molecule has 9 heteroatoms. The summed E-state index contributed by atoms with van der Waals surface area (Å²) in [4.78, 5) is 12.5. The van der Waals surface area contributed by atoms with Gasteiger partial charge in [-0.1, -0.05) is 42.6 Å². The van der Waals surface area contributed by atoms with Crippen molar-refractivity contribution in [2.45, 2.75) is 49.8 Å². The second-order valence-corrected chi connectivity index (χ2v) is 8.15. The smallest absolute Gasteiger partial charge is 0.362 e. The standard InChI is InChI=1S/C18H20ClF3N2O2S/c19-14-8-5-4-6-12(14)10-27-11-16(25)24-17(26,18(20,21)22)13-7-2-1-3-9-15(13)23-24/h4-6,8,13,26H,1-3,7,9-11H2/t13-,17-/m0/s1. The van der Waals surface area contributed by atoms with Gasteiger partial charge in [0, 0.05) is 16.5 Å². The molecule has 148 valence electrons. The summed E-state index contributed by atoms with van der Waals surface area (Å²) in [5, 5.41) is 15.3. The number of rotatable bonds is 4. The maximum absolute atomic E-state index is 13.8. The van der Waals surface area contributed by atoms with Crippen molar-refractivity contribution in [1.82, 2.24) is 5.01 Å². The number of aliphatic hydroxyl groups is 1. The van der Waals surface area contributed by atoms with Crippen LogP contribution in [-0.2, 0) is 10.5 Å². The SMILES string of the molecule is O=C(CSCc1ccccc1Cl)N1N=C2CCCCC[C@@H]2[C@]1(O)C(F)(F)F. The van der Waals surface area contributed by atoms with E-state index in [2.05, 4.69) is 5.10 Å². The Morgan fingerprint density at radius 3 is 2.78 bits per heavy atom. The molecule has 0 radical (unpaired) electrons. The van der Waals surface area contributed by atoms with Gasteiger partial charge in [0.1, 0.15) is 0 Å². The minimum absolute atomic E-state index is 0.172.